The summed E-state index contributed by atoms with van der Waals surface area (Å²) in [5, 5.41) is 4.30. The lowest BCUT2D eigenvalue weighted by Gasteiger charge is -2.33. The molecule has 1 saturated heterocycles. The molecule has 9 nitrogen and oxygen atoms in total. The van der Waals surface area contributed by atoms with Crippen LogP contribution in [-0.4, -0.2) is 59.0 Å². The molecular weight excluding hydrogens is 536 g/mol. The second-order valence-electron chi connectivity index (χ2n) is 12.4. The van der Waals surface area contributed by atoms with Crippen molar-refractivity contribution in [3.05, 3.63) is 71.8 Å². The summed E-state index contributed by atoms with van der Waals surface area (Å²) in [6.45, 7) is 6.06. The van der Waals surface area contributed by atoms with E-state index >= 15 is 0 Å². The number of aromatic nitrogens is 3. The summed E-state index contributed by atoms with van der Waals surface area (Å²) in [6, 6.07) is 12.6. The third kappa shape index (κ3) is 5.82. The summed E-state index contributed by atoms with van der Waals surface area (Å²) >= 11 is 0. The van der Waals surface area contributed by atoms with Crippen molar-refractivity contribution in [2.45, 2.75) is 45.4 Å². The third-order valence-corrected chi connectivity index (χ3v) is 9.09. The summed E-state index contributed by atoms with van der Waals surface area (Å²) in [7, 11) is 2.17. The SMILES string of the molecule is Cc1cc(NC(=O)CC2CCCCC2)cc(-c2cc3c(cn2)NNC=C3c2cc3c(N4CCN(C)CC4)nccc3[nH]2)c1. The van der Waals surface area contributed by atoms with Crippen LogP contribution in [0.4, 0.5) is 17.2 Å². The van der Waals surface area contributed by atoms with Crippen molar-refractivity contribution < 1.29 is 4.79 Å². The molecule has 1 aromatic carbocycles. The van der Waals surface area contributed by atoms with Gasteiger partial charge in [-0.3, -0.25) is 15.2 Å². The second-order valence-corrected chi connectivity index (χ2v) is 12.4. The number of pyridine rings is 2. The lowest BCUT2D eigenvalue weighted by atomic mass is 9.87. The van der Waals surface area contributed by atoms with Gasteiger partial charge in [0.1, 0.15) is 5.82 Å². The van der Waals surface area contributed by atoms with Gasteiger partial charge in [0.2, 0.25) is 5.91 Å². The number of aryl methyl sites for hydroxylation is 1. The van der Waals surface area contributed by atoms with E-state index in [-0.39, 0.29) is 5.91 Å². The van der Waals surface area contributed by atoms with Gasteiger partial charge in [-0.15, -0.1) is 0 Å². The van der Waals surface area contributed by atoms with Crippen LogP contribution in [0.15, 0.2) is 55.0 Å². The molecule has 222 valence electrons. The minimum Gasteiger partial charge on any atom is -0.354 e. The van der Waals surface area contributed by atoms with E-state index in [9.17, 15) is 4.79 Å². The number of piperazine rings is 1. The Morgan fingerprint density at radius 3 is 2.70 bits per heavy atom. The van der Waals surface area contributed by atoms with Gasteiger partial charge in [-0.1, -0.05) is 19.3 Å². The Balaban J connectivity index is 1.17. The van der Waals surface area contributed by atoms with Gasteiger partial charge in [0, 0.05) is 78.5 Å². The molecule has 3 aliphatic rings. The van der Waals surface area contributed by atoms with E-state index in [4.69, 9.17) is 9.97 Å². The highest BCUT2D eigenvalue weighted by Gasteiger charge is 2.22. The van der Waals surface area contributed by atoms with E-state index in [0.29, 0.717) is 12.3 Å². The average molecular weight is 577 g/mol. The molecule has 5 heterocycles. The number of amides is 1. The number of nitrogens with one attached hydrogen (secondary N) is 4. The standard InChI is InChI=1S/C34H40N8O/c1-22-14-24(17-25(15-22)38-33(43)16-23-6-4-3-5-7-23)30-18-26-28(20-37-40-32(26)21-36-30)31-19-27-29(39-31)8-9-35-34(27)42-12-10-41(2)11-13-42/h8-9,14-15,17-21,23,37,39-40H,3-7,10-13,16H2,1-2H3,(H,38,43). The quantitative estimate of drug-likeness (QED) is 0.226. The summed E-state index contributed by atoms with van der Waals surface area (Å²) in [6.07, 6.45) is 12.5. The molecule has 2 aliphatic heterocycles. The number of fused-ring (bicyclic) bond motifs is 2. The predicted molar refractivity (Wildman–Crippen MR) is 174 cm³/mol. The molecule has 1 saturated carbocycles. The van der Waals surface area contributed by atoms with Crippen LogP contribution < -0.4 is 21.1 Å². The molecule has 43 heavy (non-hydrogen) atoms. The molecule has 1 aliphatic carbocycles. The van der Waals surface area contributed by atoms with E-state index in [2.05, 4.69) is 63.1 Å². The smallest absolute Gasteiger partial charge is 0.224 e. The highest BCUT2D eigenvalue weighted by Crippen LogP contribution is 2.37. The maximum Gasteiger partial charge on any atom is 0.224 e. The number of carbonyl (C=O) groups excluding carboxylic acids is 1. The first-order valence-corrected chi connectivity index (χ1v) is 15.6. The number of rotatable bonds is 6. The van der Waals surface area contributed by atoms with E-state index in [1.165, 1.54) is 19.3 Å². The van der Waals surface area contributed by atoms with Crippen LogP contribution in [0.1, 0.15) is 55.3 Å². The highest BCUT2D eigenvalue weighted by molar-refractivity contribution is 5.97. The number of nitrogens with zero attached hydrogens (tertiary/aromatic N) is 4. The molecule has 0 unspecified atom stereocenters. The zero-order valence-electron chi connectivity index (χ0n) is 25.0. The van der Waals surface area contributed by atoms with Crippen molar-refractivity contribution in [2.24, 2.45) is 5.92 Å². The van der Waals surface area contributed by atoms with E-state index in [0.717, 1.165) is 101 Å². The molecule has 9 heteroatoms. The maximum absolute atomic E-state index is 12.9. The van der Waals surface area contributed by atoms with Gasteiger partial charge in [0.25, 0.3) is 0 Å². The number of likely N-dealkylation sites (N-methyl/N-ethyl adjacent to an activating group) is 1. The summed E-state index contributed by atoms with van der Waals surface area (Å²) in [5.41, 5.74) is 15.3. The normalized spacial score (nSPS) is 17.6. The van der Waals surface area contributed by atoms with E-state index in [1.807, 2.05) is 36.8 Å². The van der Waals surface area contributed by atoms with Crippen LogP contribution in [0.25, 0.3) is 27.7 Å². The fourth-order valence-corrected chi connectivity index (χ4v) is 6.75. The van der Waals surface area contributed by atoms with Gasteiger partial charge < -0.3 is 25.5 Å². The Labute approximate surface area is 252 Å². The van der Waals surface area contributed by atoms with Crippen LogP contribution in [0.5, 0.6) is 0 Å². The summed E-state index contributed by atoms with van der Waals surface area (Å²) < 4.78 is 0. The largest absolute Gasteiger partial charge is 0.354 e. The molecule has 0 radical (unpaired) electrons. The number of H-pyrrole nitrogens is 1. The van der Waals surface area contributed by atoms with Gasteiger partial charge in [0.05, 0.1) is 23.1 Å². The Kier molecular flexibility index (Phi) is 7.49. The minimum absolute atomic E-state index is 0.103. The van der Waals surface area contributed by atoms with Gasteiger partial charge in [0.15, 0.2) is 0 Å². The van der Waals surface area contributed by atoms with Gasteiger partial charge in [-0.25, -0.2) is 4.98 Å². The summed E-state index contributed by atoms with van der Waals surface area (Å²) in [4.78, 5) is 30.8. The molecule has 0 spiro atoms. The fraction of sp³-hybridized carbons (Fsp3) is 0.382. The lowest BCUT2D eigenvalue weighted by molar-refractivity contribution is -0.117. The number of anilines is 3. The first kappa shape index (κ1) is 27.5. The molecule has 0 atom stereocenters. The Morgan fingerprint density at radius 2 is 1.86 bits per heavy atom. The summed E-state index contributed by atoms with van der Waals surface area (Å²) in [5.74, 6) is 1.64. The van der Waals surface area contributed by atoms with Crippen molar-refractivity contribution in [3.63, 3.8) is 0 Å². The Bertz CT molecular complexity index is 1680. The molecule has 0 bridgehead atoms. The molecule has 2 fully saturated rings. The fourth-order valence-electron chi connectivity index (χ4n) is 6.75. The third-order valence-electron chi connectivity index (χ3n) is 9.09. The minimum atomic E-state index is 0.103. The van der Waals surface area contributed by atoms with Crippen LogP contribution in [0.3, 0.4) is 0 Å². The van der Waals surface area contributed by atoms with Crippen molar-refractivity contribution >= 4 is 39.6 Å². The van der Waals surface area contributed by atoms with Crippen molar-refractivity contribution in [1.29, 1.82) is 0 Å². The Hall–Kier alpha value is -4.37. The predicted octanol–water partition coefficient (Wildman–Crippen LogP) is 5.91. The molecule has 7 rings (SSSR count). The zero-order chi connectivity index (χ0) is 29.3. The number of hydrogen-bond donors (Lipinski definition) is 4. The van der Waals surface area contributed by atoms with Crippen LogP contribution >= 0.6 is 0 Å². The number of hydrazine groups is 1. The second kappa shape index (κ2) is 11.7. The number of carbonyl (C=O) groups is 1. The monoisotopic (exact) mass is 576 g/mol. The van der Waals surface area contributed by atoms with Gasteiger partial charge in [-0.05, 0) is 74.7 Å². The van der Waals surface area contributed by atoms with Crippen LogP contribution in [0.2, 0.25) is 0 Å². The first-order valence-electron chi connectivity index (χ1n) is 15.6. The van der Waals surface area contributed by atoms with E-state index in [1.54, 1.807) is 0 Å². The highest BCUT2D eigenvalue weighted by atomic mass is 16.1. The van der Waals surface area contributed by atoms with Crippen molar-refractivity contribution in [2.75, 3.05) is 48.9 Å². The first-order chi connectivity index (χ1) is 21.0. The van der Waals surface area contributed by atoms with E-state index < -0.39 is 0 Å². The molecule has 4 N–H and O–H groups in total. The number of hydrogen-bond acceptors (Lipinski definition) is 7. The topological polar surface area (TPSA) is 101 Å². The number of benzene rings is 1. The van der Waals surface area contributed by atoms with Crippen molar-refractivity contribution in [1.82, 2.24) is 25.3 Å². The molecule has 3 aromatic heterocycles. The zero-order valence-corrected chi connectivity index (χ0v) is 25.0. The molecule has 1 amide bonds. The van der Waals surface area contributed by atoms with Gasteiger partial charge >= 0.3 is 0 Å². The van der Waals surface area contributed by atoms with Crippen LogP contribution in [-0.2, 0) is 4.79 Å². The molecular formula is C34H40N8O. The maximum atomic E-state index is 12.9. The Morgan fingerprint density at radius 1 is 1.02 bits per heavy atom. The average Bonchev–Trinajstić information content (AvgIpc) is 3.46. The van der Waals surface area contributed by atoms with Crippen molar-refractivity contribution in [3.8, 4) is 11.3 Å². The lowest BCUT2D eigenvalue weighted by Crippen LogP contribution is -2.44. The molecule has 4 aromatic rings. The number of aromatic amines is 1. The van der Waals surface area contributed by atoms with Crippen LogP contribution in [0, 0.1) is 12.8 Å². The van der Waals surface area contributed by atoms with Gasteiger partial charge in [-0.2, -0.15) is 0 Å².